The van der Waals surface area contributed by atoms with Gasteiger partial charge in [0.05, 0.1) is 13.7 Å². The van der Waals surface area contributed by atoms with E-state index < -0.39 is 21.3 Å². The van der Waals surface area contributed by atoms with Gasteiger partial charge < -0.3 is 9.40 Å². The van der Waals surface area contributed by atoms with Gasteiger partial charge in [-0.3, -0.25) is 0 Å². The molecular weight excluding hydrogens is 925 g/mol. The van der Waals surface area contributed by atoms with Crippen LogP contribution in [0.3, 0.4) is 0 Å². The number of benzene rings is 5. The molecule has 3 aromatic heterocycles. The maximum absolute atomic E-state index is 6.41. The molecule has 6 heteroatoms. The molecule has 0 atom stereocenters. The first-order valence-electron chi connectivity index (χ1n) is 18.8. The maximum atomic E-state index is 6.41. The summed E-state index contributed by atoms with van der Waals surface area (Å²) >= 11 is -1.78. The van der Waals surface area contributed by atoms with Crippen molar-refractivity contribution in [1.82, 2.24) is 9.97 Å². The summed E-state index contributed by atoms with van der Waals surface area (Å²) in [5, 5.41) is 3.70. The second-order valence-corrected chi connectivity index (χ2v) is 32.1. The summed E-state index contributed by atoms with van der Waals surface area (Å²) in [4.78, 5) is 9.25. The molecule has 0 aliphatic carbocycles. The van der Waals surface area contributed by atoms with E-state index in [0.717, 1.165) is 44.5 Å². The molecule has 0 N–H and O–H groups in total. The van der Waals surface area contributed by atoms with Crippen molar-refractivity contribution in [2.45, 2.75) is 56.7 Å². The van der Waals surface area contributed by atoms with Gasteiger partial charge in [-0.1, -0.05) is 97.7 Å². The number of aromatic nitrogens is 2. The summed E-state index contributed by atoms with van der Waals surface area (Å²) in [5.41, 5.74) is 11.7. The summed E-state index contributed by atoms with van der Waals surface area (Å²) in [6.07, 6.45) is 3.93. The van der Waals surface area contributed by atoms with Crippen LogP contribution in [-0.2, 0) is 20.1 Å². The van der Waals surface area contributed by atoms with Crippen LogP contribution in [0.1, 0.15) is 25.3 Å². The average molecular weight is 974 g/mol. The molecule has 8 rings (SSSR count). The predicted molar refractivity (Wildman–Crippen MR) is 235 cm³/mol. The number of furan rings is 1. The summed E-state index contributed by atoms with van der Waals surface area (Å²) < 4.78 is 7.85. The van der Waals surface area contributed by atoms with Gasteiger partial charge in [-0.15, -0.1) is 18.2 Å². The molecule has 55 heavy (non-hydrogen) atoms. The van der Waals surface area contributed by atoms with Crippen LogP contribution in [0.2, 0.25) is 36.9 Å². The van der Waals surface area contributed by atoms with Gasteiger partial charge in [-0.05, 0) is 34.9 Å². The molecule has 8 aromatic rings. The molecule has 0 spiro atoms. The minimum absolute atomic E-state index is 0. The Labute approximate surface area is 344 Å². The predicted octanol–water partition coefficient (Wildman–Crippen LogP) is 12.5. The zero-order valence-corrected chi connectivity index (χ0v) is 38.5. The van der Waals surface area contributed by atoms with Crippen LogP contribution in [0, 0.1) is 12.1 Å². The Bertz CT molecular complexity index is 2510. The van der Waals surface area contributed by atoms with Crippen molar-refractivity contribution in [3.05, 3.63) is 157 Å². The van der Waals surface area contributed by atoms with Gasteiger partial charge in [-0.2, -0.15) is 0 Å². The molecular formula is C49H48GeIrN2OSi-2. The smallest absolute Gasteiger partial charge is 0 e. The molecule has 0 unspecified atom stereocenters. The molecule has 3 nitrogen and oxygen atoms in total. The van der Waals surface area contributed by atoms with E-state index in [2.05, 4.69) is 182 Å². The zero-order chi connectivity index (χ0) is 38.0. The number of hydrogen-bond donors (Lipinski definition) is 0. The van der Waals surface area contributed by atoms with Gasteiger partial charge in [-0.25, -0.2) is 0 Å². The molecule has 3 heterocycles. The van der Waals surface area contributed by atoms with E-state index in [4.69, 9.17) is 4.42 Å². The number of fused-ring (bicyclic) bond motifs is 3. The van der Waals surface area contributed by atoms with E-state index in [9.17, 15) is 0 Å². The first-order valence-corrected chi connectivity index (χ1v) is 29.7. The van der Waals surface area contributed by atoms with Crippen molar-refractivity contribution in [2.24, 2.45) is 0 Å². The van der Waals surface area contributed by atoms with Crippen molar-refractivity contribution < 1.29 is 24.5 Å². The molecule has 0 amide bonds. The third-order valence-corrected chi connectivity index (χ3v) is 16.4. The Morgan fingerprint density at radius 1 is 0.655 bits per heavy atom. The minimum atomic E-state index is -1.78. The van der Waals surface area contributed by atoms with E-state index in [0.29, 0.717) is 5.92 Å². The second-order valence-electron chi connectivity index (χ2n) is 16.4. The normalized spacial score (nSPS) is 11.7. The molecule has 0 aliphatic heterocycles. The van der Waals surface area contributed by atoms with Gasteiger partial charge in [0.1, 0.15) is 5.58 Å². The van der Waals surface area contributed by atoms with Crippen LogP contribution in [-0.4, -0.2) is 31.3 Å². The molecule has 0 saturated carbocycles. The van der Waals surface area contributed by atoms with Gasteiger partial charge in [0.2, 0.25) is 0 Å². The number of rotatable bonds is 7. The standard InChI is InChI=1S/C29H28NOSi.C20H20GeN.Ir/c1-19(2)21-15-16-30-27(17-21)26-8-6-7-25-24-14-11-22(18-28(24)31-29(25)26)20-9-12-23(13-10-20)32(3,4)5;1-21(2,3)19-13-14-20(22-15-19)18-11-9-17(10-12-18)16-7-5-4-6-8-16;/h6-7,9-19H,1-5H3;4-11,13-15H,1-3H3;/q2*-1;. The number of pyridine rings is 2. The first kappa shape index (κ1) is 40.3. The molecule has 1 radical (unpaired) electrons. The van der Waals surface area contributed by atoms with E-state index in [1.54, 1.807) is 0 Å². The minimum Gasteiger partial charge on any atom is 0 e. The Hall–Kier alpha value is -4.39. The quantitative estimate of drug-likeness (QED) is 0.118. The first-order chi connectivity index (χ1) is 25.8. The fraction of sp³-hybridized carbons (Fsp3) is 0.184. The summed E-state index contributed by atoms with van der Waals surface area (Å²) in [6.45, 7) is 11.5. The molecule has 0 saturated heterocycles. The topological polar surface area (TPSA) is 38.9 Å². The summed E-state index contributed by atoms with van der Waals surface area (Å²) in [5.74, 6) is 7.60. The Morgan fingerprint density at radius 2 is 1.36 bits per heavy atom. The Morgan fingerprint density at radius 3 is 2.00 bits per heavy atom. The van der Waals surface area contributed by atoms with Gasteiger partial charge in [0, 0.05) is 31.7 Å². The summed E-state index contributed by atoms with van der Waals surface area (Å²) in [7, 11) is -1.30. The van der Waals surface area contributed by atoms with Gasteiger partial charge >= 0.3 is 135 Å². The van der Waals surface area contributed by atoms with Crippen molar-refractivity contribution >= 4 is 52.9 Å². The molecule has 0 aliphatic rings. The van der Waals surface area contributed by atoms with Crippen LogP contribution < -0.4 is 9.58 Å². The molecule has 279 valence electrons. The Balaban J connectivity index is 0.000000196. The summed E-state index contributed by atoms with van der Waals surface area (Å²) in [6, 6.07) is 51.6. The number of hydrogen-bond acceptors (Lipinski definition) is 3. The van der Waals surface area contributed by atoms with E-state index in [1.165, 1.54) is 37.4 Å². The fourth-order valence-corrected chi connectivity index (χ4v) is 9.95. The van der Waals surface area contributed by atoms with Gasteiger partial charge in [0.25, 0.3) is 0 Å². The van der Waals surface area contributed by atoms with Crippen LogP contribution in [0.25, 0.3) is 66.7 Å². The zero-order valence-electron chi connectivity index (χ0n) is 33.0. The van der Waals surface area contributed by atoms with Crippen molar-refractivity contribution in [3.63, 3.8) is 0 Å². The van der Waals surface area contributed by atoms with Crippen LogP contribution in [0.4, 0.5) is 0 Å². The second kappa shape index (κ2) is 16.8. The van der Waals surface area contributed by atoms with E-state index in [-0.39, 0.29) is 20.1 Å². The molecule has 0 fully saturated rings. The van der Waals surface area contributed by atoms with Gasteiger partial charge in [0.15, 0.2) is 0 Å². The van der Waals surface area contributed by atoms with Crippen molar-refractivity contribution in [3.8, 4) is 44.8 Å². The van der Waals surface area contributed by atoms with Crippen molar-refractivity contribution in [2.75, 3.05) is 0 Å². The largest absolute Gasteiger partial charge is 0 e. The average Bonchev–Trinajstić information content (AvgIpc) is 3.56. The third-order valence-electron chi connectivity index (χ3n) is 10.0. The fourth-order valence-electron chi connectivity index (χ4n) is 6.61. The van der Waals surface area contributed by atoms with Crippen LogP contribution in [0.5, 0.6) is 0 Å². The van der Waals surface area contributed by atoms with E-state index >= 15 is 0 Å². The maximum Gasteiger partial charge on any atom is 0 e. The third kappa shape index (κ3) is 9.19. The Kier molecular flexibility index (Phi) is 12.3. The van der Waals surface area contributed by atoms with Crippen LogP contribution in [0.15, 0.2) is 144 Å². The SMILES string of the molecule is CC(C)c1ccnc(-c2[c-]ccc3c2oc2cc(-c4ccc([Si](C)(C)C)cc4)ccc23)c1.[CH3][Ge]([CH3])([CH3])[c]1ccc(-c2[c-]cc(-c3ccccc3)cc2)nc1.[Ir]. The molecule has 5 aromatic carbocycles. The van der Waals surface area contributed by atoms with Crippen LogP contribution >= 0.6 is 0 Å². The monoisotopic (exact) mass is 975 g/mol. The van der Waals surface area contributed by atoms with E-state index in [1.807, 2.05) is 30.6 Å². The number of nitrogens with zero attached hydrogens (tertiary/aromatic N) is 2. The van der Waals surface area contributed by atoms with Crippen molar-refractivity contribution in [1.29, 1.82) is 0 Å². The molecule has 0 bridgehead atoms.